The zero-order chi connectivity index (χ0) is 16.7. The minimum atomic E-state index is -0.115. The molecule has 2 bridgehead atoms. The van der Waals surface area contributed by atoms with Crippen LogP contribution in [-0.4, -0.2) is 54.6 Å². The molecule has 1 unspecified atom stereocenters. The number of hydrogen-bond acceptors (Lipinski definition) is 4. The van der Waals surface area contributed by atoms with Gasteiger partial charge in [-0.2, -0.15) is 0 Å². The van der Waals surface area contributed by atoms with Crippen molar-refractivity contribution < 1.29 is 14.9 Å². The Morgan fingerprint density at radius 1 is 1.29 bits per heavy atom. The lowest BCUT2D eigenvalue weighted by Gasteiger charge is -2.56. The first-order valence-corrected chi connectivity index (χ1v) is 9.35. The lowest BCUT2D eigenvalue weighted by molar-refractivity contribution is -0.0267. The van der Waals surface area contributed by atoms with Gasteiger partial charge in [-0.1, -0.05) is 6.07 Å². The summed E-state index contributed by atoms with van der Waals surface area (Å²) in [5.74, 6) is 1.95. The third kappa shape index (κ3) is 2.56. The van der Waals surface area contributed by atoms with Crippen LogP contribution in [0.1, 0.15) is 36.8 Å². The van der Waals surface area contributed by atoms with Gasteiger partial charge < -0.3 is 14.9 Å². The molecule has 4 nitrogen and oxygen atoms in total. The zero-order valence-electron chi connectivity index (χ0n) is 14.6. The van der Waals surface area contributed by atoms with E-state index in [0.29, 0.717) is 6.04 Å². The molecule has 3 atom stereocenters. The predicted molar refractivity (Wildman–Crippen MR) is 93.4 cm³/mol. The molecule has 1 saturated carbocycles. The van der Waals surface area contributed by atoms with Crippen molar-refractivity contribution in [3.8, 4) is 5.75 Å². The van der Waals surface area contributed by atoms with Crippen LogP contribution < -0.4 is 4.74 Å². The van der Waals surface area contributed by atoms with E-state index in [0.717, 1.165) is 37.5 Å². The summed E-state index contributed by atoms with van der Waals surface area (Å²) in [6.45, 7) is 2.63. The summed E-state index contributed by atoms with van der Waals surface area (Å²) in [5.41, 5.74) is 2.56. The van der Waals surface area contributed by atoms with Crippen molar-refractivity contribution in [1.82, 2.24) is 4.90 Å². The molecule has 4 heteroatoms. The molecule has 1 aliphatic heterocycles. The van der Waals surface area contributed by atoms with Crippen LogP contribution in [0.15, 0.2) is 18.2 Å². The third-order valence-electron chi connectivity index (χ3n) is 6.72. The topological polar surface area (TPSA) is 52.9 Å². The second-order valence-electron chi connectivity index (χ2n) is 7.90. The van der Waals surface area contributed by atoms with Gasteiger partial charge in [0.2, 0.25) is 0 Å². The third-order valence-corrected chi connectivity index (χ3v) is 6.72. The number of ether oxygens (including phenoxy) is 1. The highest BCUT2D eigenvalue weighted by Gasteiger charge is 2.53. The maximum Gasteiger partial charge on any atom is 0.119 e. The van der Waals surface area contributed by atoms with Crippen LogP contribution in [0.5, 0.6) is 5.75 Å². The Bertz CT molecular complexity index is 601. The molecule has 4 rings (SSSR count). The number of piperidine rings is 1. The monoisotopic (exact) mass is 331 g/mol. The van der Waals surface area contributed by atoms with Crippen LogP contribution >= 0.6 is 0 Å². The first-order valence-electron chi connectivity index (χ1n) is 9.35. The highest BCUT2D eigenvalue weighted by molar-refractivity contribution is 5.45. The molecule has 0 amide bonds. The van der Waals surface area contributed by atoms with E-state index in [9.17, 15) is 10.2 Å². The molecule has 0 spiro atoms. The highest BCUT2D eigenvalue weighted by Crippen LogP contribution is 2.52. The fraction of sp³-hybridized carbons (Fsp3) is 0.700. The molecule has 1 aromatic carbocycles. The maximum atomic E-state index is 10.3. The first-order chi connectivity index (χ1) is 11.7. The van der Waals surface area contributed by atoms with Gasteiger partial charge in [0.15, 0.2) is 0 Å². The predicted octanol–water partition coefficient (Wildman–Crippen LogP) is 1.96. The van der Waals surface area contributed by atoms with Gasteiger partial charge in [0.1, 0.15) is 5.75 Å². The zero-order valence-corrected chi connectivity index (χ0v) is 14.6. The van der Waals surface area contributed by atoms with Crippen molar-refractivity contribution in [1.29, 1.82) is 0 Å². The number of methoxy groups -OCH3 is 1. The number of aliphatic hydroxyl groups is 2. The molecule has 2 aliphatic carbocycles. The number of nitrogens with zero attached hydrogens (tertiary/aromatic N) is 1. The van der Waals surface area contributed by atoms with E-state index in [4.69, 9.17) is 4.74 Å². The second kappa shape index (κ2) is 6.32. The number of fused-ring (bicyclic) bond motifs is 4. The molecule has 1 heterocycles. The molecule has 2 N–H and O–H groups in total. The highest BCUT2D eigenvalue weighted by atomic mass is 16.5. The van der Waals surface area contributed by atoms with E-state index in [1.165, 1.54) is 30.5 Å². The average molecular weight is 331 g/mol. The standard InChI is InChI=1S/C20H29NO3/c1-24-16-5-4-15-10-19-18(13-23)20(7-9-22,17(15)11-16)6-8-21(19)12-14-2-3-14/h4-5,11,14,18-19,22-23H,2-3,6-10,12-13H2,1H3/t18?,19-,20+/m1/s1. The van der Waals surface area contributed by atoms with Crippen LogP contribution in [0, 0.1) is 11.8 Å². The summed E-state index contributed by atoms with van der Waals surface area (Å²) in [4.78, 5) is 2.63. The summed E-state index contributed by atoms with van der Waals surface area (Å²) in [6, 6.07) is 6.80. The molecule has 1 saturated heterocycles. The Labute approximate surface area is 144 Å². The van der Waals surface area contributed by atoms with Gasteiger partial charge >= 0.3 is 0 Å². The molecule has 24 heavy (non-hydrogen) atoms. The van der Waals surface area contributed by atoms with Crippen molar-refractivity contribution in [2.45, 2.75) is 43.6 Å². The van der Waals surface area contributed by atoms with Crippen molar-refractivity contribution in [3.05, 3.63) is 29.3 Å². The van der Waals surface area contributed by atoms with E-state index >= 15 is 0 Å². The number of hydrogen-bond donors (Lipinski definition) is 2. The Morgan fingerprint density at radius 3 is 2.79 bits per heavy atom. The largest absolute Gasteiger partial charge is 0.497 e. The Kier molecular flexibility index (Phi) is 4.31. The summed E-state index contributed by atoms with van der Waals surface area (Å²) in [5, 5.41) is 20.1. The van der Waals surface area contributed by atoms with Gasteiger partial charge in [-0.05, 0) is 67.8 Å². The number of likely N-dealkylation sites (tertiary alicyclic amines) is 1. The Hall–Kier alpha value is -1.10. The summed E-state index contributed by atoms with van der Waals surface area (Å²) >= 11 is 0. The molecule has 132 valence electrons. The molecule has 1 aromatic rings. The van der Waals surface area contributed by atoms with Crippen molar-refractivity contribution in [2.24, 2.45) is 11.8 Å². The quantitative estimate of drug-likeness (QED) is 0.837. The normalized spacial score (nSPS) is 32.5. The van der Waals surface area contributed by atoms with Crippen molar-refractivity contribution in [2.75, 3.05) is 33.4 Å². The van der Waals surface area contributed by atoms with E-state index in [1.807, 2.05) is 6.07 Å². The van der Waals surface area contributed by atoms with Crippen molar-refractivity contribution in [3.63, 3.8) is 0 Å². The second-order valence-corrected chi connectivity index (χ2v) is 7.90. The lowest BCUT2D eigenvalue weighted by atomic mass is 9.56. The molecule has 2 fully saturated rings. The maximum absolute atomic E-state index is 10.3. The number of aliphatic hydroxyl groups excluding tert-OH is 2. The number of rotatable bonds is 6. The van der Waals surface area contributed by atoms with Crippen LogP contribution in [0.4, 0.5) is 0 Å². The Morgan fingerprint density at radius 2 is 2.12 bits per heavy atom. The molecular weight excluding hydrogens is 302 g/mol. The first kappa shape index (κ1) is 16.4. The average Bonchev–Trinajstić information content (AvgIpc) is 3.41. The SMILES string of the molecule is COc1ccc2c(c1)[C@@]1(CCO)CCN(CC3CC3)[C@H](C2)C1CO. The molecule has 0 aromatic heterocycles. The van der Waals surface area contributed by atoms with Crippen LogP contribution in [0.25, 0.3) is 0 Å². The van der Waals surface area contributed by atoms with Crippen LogP contribution in [-0.2, 0) is 11.8 Å². The van der Waals surface area contributed by atoms with Gasteiger partial charge in [-0.25, -0.2) is 0 Å². The fourth-order valence-electron chi connectivity index (χ4n) is 5.27. The Balaban J connectivity index is 1.76. The fourth-order valence-corrected chi connectivity index (χ4v) is 5.27. The van der Waals surface area contributed by atoms with Crippen LogP contribution in [0.2, 0.25) is 0 Å². The minimum Gasteiger partial charge on any atom is -0.497 e. The van der Waals surface area contributed by atoms with E-state index < -0.39 is 0 Å². The van der Waals surface area contributed by atoms with E-state index in [-0.39, 0.29) is 24.5 Å². The lowest BCUT2D eigenvalue weighted by Crippen LogP contribution is -2.61. The summed E-state index contributed by atoms with van der Waals surface area (Å²) in [7, 11) is 1.70. The van der Waals surface area contributed by atoms with Gasteiger partial charge in [0.05, 0.1) is 7.11 Å². The molecule has 0 radical (unpaired) electrons. The summed E-state index contributed by atoms with van der Waals surface area (Å²) in [6.07, 6.45) is 5.48. The minimum absolute atomic E-state index is 0.115. The van der Waals surface area contributed by atoms with Gasteiger partial charge in [0.25, 0.3) is 0 Å². The molecular formula is C20H29NO3. The molecule has 3 aliphatic rings. The van der Waals surface area contributed by atoms with Gasteiger partial charge in [-0.3, -0.25) is 4.90 Å². The van der Waals surface area contributed by atoms with Gasteiger partial charge in [-0.15, -0.1) is 0 Å². The van der Waals surface area contributed by atoms with Crippen LogP contribution in [0.3, 0.4) is 0 Å². The van der Waals surface area contributed by atoms with E-state index in [1.54, 1.807) is 7.11 Å². The van der Waals surface area contributed by atoms with Gasteiger partial charge in [0, 0.05) is 37.1 Å². The van der Waals surface area contributed by atoms with E-state index in [2.05, 4.69) is 17.0 Å². The van der Waals surface area contributed by atoms with Crippen molar-refractivity contribution >= 4 is 0 Å². The smallest absolute Gasteiger partial charge is 0.119 e. The summed E-state index contributed by atoms with van der Waals surface area (Å²) < 4.78 is 5.46. The number of benzene rings is 1.